The molecule has 1 heterocycles. The Bertz CT molecular complexity index is 516. The standard InChI is InChI=1S/C17H23N3O/c1-2-3-4-5-6-10-13-21-17-19-14-18-16(20-17)15-11-8-7-9-12-15/h7-9,11-12,14H,2-6,10,13H2,1H3. The molecule has 0 saturated heterocycles. The number of ether oxygens (including phenoxy) is 1. The number of aromatic nitrogens is 3. The van der Waals surface area contributed by atoms with E-state index in [1.807, 2.05) is 30.3 Å². The zero-order valence-electron chi connectivity index (χ0n) is 12.7. The Hall–Kier alpha value is -1.97. The van der Waals surface area contributed by atoms with Crippen LogP contribution >= 0.6 is 0 Å². The second kappa shape index (κ2) is 9.06. The van der Waals surface area contributed by atoms with E-state index in [1.54, 1.807) is 0 Å². The summed E-state index contributed by atoms with van der Waals surface area (Å²) in [6, 6.07) is 10.3. The Balaban J connectivity index is 1.77. The summed E-state index contributed by atoms with van der Waals surface area (Å²) in [6.07, 6.45) is 8.97. The van der Waals surface area contributed by atoms with Crippen LogP contribution in [0.5, 0.6) is 6.01 Å². The first-order valence-corrected chi connectivity index (χ1v) is 7.77. The second-order valence-corrected chi connectivity index (χ2v) is 5.07. The Morgan fingerprint density at radius 3 is 2.48 bits per heavy atom. The maximum absolute atomic E-state index is 5.61. The van der Waals surface area contributed by atoms with Gasteiger partial charge in [-0.3, -0.25) is 0 Å². The highest BCUT2D eigenvalue weighted by atomic mass is 16.5. The molecule has 1 aromatic carbocycles. The third kappa shape index (κ3) is 5.50. The Morgan fingerprint density at radius 1 is 0.905 bits per heavy atom. The first-order chi connectivity index (χ1) is 10.4. The SMILES string of the molecule is CCCCCCCCOc1ncnc(-c2ccccc2)n1. The molecule has 0 aliphatic carbocycles. The van der Waals surface area contributed by atoms with Gasteiger partial charge in [-0.15, -0.1) is 0 Å². The number of nitrogens with zero attached hydrogens (tertiary/aromatic N) is 3. The van der Waals surface area contributed by atoms with Gasteiger partial charge in [0.25, 0.3) is 0 Å². The van der Waals surface area contributed by atoms with Crippen molar-refractivity contribution in [2.75, 3.05) is 6.61 Å². The minimum absolute atomic E-state index is 0.414. The molecule has 2 aromatic rings. The van der Waals surface area contributed by atoms with Gasteiger partial charge in [0.2, 0.25) is 0 Å². The summed E-state index contributed by atoms with van der Waals surface area (Å²) < 4.78 is 5.61. The van der Waals surface area contributed by atoms with Gasteiger partial charge in [-0.2, -0.15) is 9.97 Å². The maximum atomic E-state index is 5.61. The molecule has 21 heavy (non-hydrogen) atoms. The highest BCUT2D eigenvalue weighted by molar-refractivity contribution is 5.54. The number of hydrogen-bond donors (Lipinski definition) is 0. The molecule has 4 heteroatoms. The van der Waals surface area contributed by atoms with Crippen molar-refractivity contribution in [3.05, 3.63) is 36.7 Å². The third-order valence-corrected chi connectivity index (χ3v) is 3.31. The monoisotopic (exact) mass is 285 g/mol. The molecule has 2 rings (SSSR count). The molecule has 112 valence electrons. The summed E-state index contributed by atoms with van der Waals surface area (Å²) in [7, 11) is 0. The van der Waals surface area contributed by atoms with Crippen molar-refractivity contribution in [1.29, 1.82) is 0 Å². The van der Waals surface area contributed by atoms with Crippen LogP contribution in [-0.2, 0) is 0 Å². The lowest BCUT2D eigenvalue weighted by molar-refractivity contribution is 0.280. The zero-order valence-corrected chi connectivity index (χ0v) is 12.7. The largest absolute Gasteiger partial charge is 0.463 e. The summed E-state index contributed by atoms with van der Waals surface area (Å²) >= 11 is 0. The Kier molecular flexibility index (Phi) is 6.65. The second-order valence-electron chi connectivity index (χ2n) is 5.07. The number of benzene rings is 1. The molecule has 0 saturated carbocycles. The normalized spacial score (nSPS) is 10.5. The van der Waals surface area contributed by atoms with E-state index in [1.165, 1.54) is 38.4 Å². The molecular weight excluding hydrogens is 262 g/mol. The van der Waals surface area contributed by atoms with Gasteiger partial charge in [0.15, 0.2) is 5.82 Å². The molecule has 0 fully saturated rings. The van der Waals surface area contributed by atoms with Crippen LogP contribution in [0.3, 0.4) is 0 Å². The molecule has 0 bridgehead atoms. The highest BCUT2D eigenvalue weighted by Crippen LogP contribution is 2.15. The van der Waals surface area contributed by atoms with Gasteiger partial charge < -0.3 is 4.74 Å². The van der Waals surface area contributed by atoms with Crippen LogP contribution < -0.4 is 4.74 Å². The molecule has 0 unspecified atom stereocenters. The lowest BCUT2D eigenvalue weighted by Crippen LogP contribution is -2.02. The average molecular weight is 285 g/mol. The fraction of sp³-hybridized carbons (Fsp3) is 0.471. The van der Waals surface area contributed by atoms with Crippen LogP contribution in [0.4, 0.5) is 0 Å². The predicted octanol–water partition coefficient (Wildman–Crippen LogP) is 4.28. The van der Waals surface area contributed by atoms with Gasteiger partial charge in [-0.25, -0.2) is 4.98 Å². The van der Waals surface area contributed by atoms with Gasteiger partial charge in [0, 0.05) is 5.56 Å². The number of rotatable bonds is 9. The Morgan fingerprint density at radius 2 is 1.67 bits per heavy atom. The van der Waals surface area contributed by atoms with E-state index in [0.717, 1.165) is 12.0 Å². The molecule has 0 radical (unpaired) electrons. The van der Waals surface area contributed by atoms with E-state index < -0.39 is 0 Å². The number of hydrogen-bond acceptors (Lipinski definition) is 4. The van der Waals surface area contributed by atoms with E-state index in [0.29, 0.717) is 18.4 Å². The van der Waals surface area contributed by atoms with Crippen LogP contribution in [0.25, 0.3) is 11.4 Å². The van der Waals surface area contributed by atoms with E-state index in [2.05, 4.69) is 21.9 Å². The van der Waals surface area contributed by atoms with Crippen molar-refractivity contribution < 1.29 is 4.74 Å². The summed E-state index contributed by atoms with van der Waals surface area (Å²) in [5.74, 6) is 0.656. The zero-order chi connectivity index (χ0) is 14.8. The molecule has 0 spiro atoms. The van der Waals surface area contributed by atoms with Gasteiger partial charge >= 0.3 is 6.01 Å². The van der Waals surface area contributed by atoms with Crippen molar-refractivity contribution in [1.82, 2.24) is 15.0 Å². The van der Waals surface area contributed by atoms with Crippen molar-refractivity contribution in [2.24, 2.45) is 0 Å². The quantitative estimate of drug-likeness (QED) is 0.645. The van der Waals surface area contributed by atoms with E-state index in [9.17, 15) is 0 Å². The summed E-state index contributed by atoms with van der Waals surface area (Å²) in [5, 5.41) is 0. The first kappa shape index (κ1) is 15.4. The van der Waals surface area contributed by atoms with Crippen LogP contribution in [0, 0.1) is 0 Å². The van der Waals surface area contributed by atoms with Gasteiger partial charge in [0.1, 0.15) is 6.33 Å². The minimum atomic E-state index is 0.414. The van der Waals surface area contributed by atoms with E-state index in [4.69, 9.17) is 4.74 Å². The lowest BCUT2D eigenvalue weighted by Gasteiger charge is -2.05. The predicted molar refractivity (Wildman–Crippen MR) is 84.1 cm³/mol. The van der Waals surface area contributed by atoms with Crippen LogP contribution in [0.15, 0.2) is 36.7 Å². The third-order valence-electron chi connectivity index (χ3n) is 3.31. The molecular formula is C17H23N3O. The fourth-order valence-electron chi connectivity index (χ4n) is 2.12. The highest BCUT2D eigenvalue weighted by Gasteiger charge is 2.03. The number of unbranched alkanes of at least 4 members (excludes halogenated alkanes) is 5. The molecule has 4 nitrogen and oxygen atoms in total. The summed E-state index contributed by atoms with van der Waals surface area (Å²) in [4.78, 5) is 12.6. The van der Waals surface area contributed by atoms with Crippen LogP contribution in [-0.4, -0.2) is 21.6 Å². The van der Waals surface area contributed by atoms with Crippen LogP contribution in [0.2, 0.25) is 0 Å². The molecule has 0 aliphatic heterocycles. The molecule has 0 atom stereocenters. The van der Waals surface area contributed by atoms with Crippen LogP contribution in [0.1, 0.15) is 45.4 Å². The maximum Gasteiger partial charge on any atom is 0.319 e. The minimum Gasteiger partial charge on any atom is -0.463 e. The van der Waals surface area contributed by atoms with Crippen molar-refractivity contribution >= 4 is 0 Å². The van der Waals surface area contributed by atoms with E-state index in [-0.39, 0.29) is 0 Å². The molecule has 0 N–H and O–H groups in total. The topological polar surface area (TPSA) is 47.9 Å². The molecule has 1 aromatic heterocycles. The van der Waals surface area contributed by atoms with Crippen molar-refractivity contribution in [2.45, 2.75) is 45.4 Å². The summed E-state index contributed by atoms with van der Waals surface area (Å²) in [5.41, 5.74) is 0.976. The first-order valence-electron chi connectivity index (χ1n) is 7.77. The van der Waals surface area contributed by atoms with Crippen molar-refractivity contribution in [3.8, 4) is 17.4 Å². The Labute approximate surface area is 126 Å². The fourth-order valence-corrected chi connectivity index (χ4v) is 2.12. The molecule has 0 amide bonds. The smallest absolute Gasteiger partial charge is 0.319 e. The van der Waals surface area contributed by atoms with Gasteiger partial charge in [-0.05, 0) is 6.42 Å². The van der Waals surface area contributed by atoms with E-state index >= 15 is 0 Å². The van der Waals surface area contributed by atoms with Gasteiger partial charge in [-0.1, -0.05) is 69.4 Å². The van der Waals surface area contributed by atoms with Gasteiger partial charge in [0.05, 0.1) is 6.61 Å². The molecule has 0 aliphatic rings. The van der Waals surface area contributed by atoms with Crippen molar-refractivity contribution in [3.63, 3.8) is 0 Å². The summed E-state index contributed by atoms with van der Waals surface area (Å²) in [6.45, 7) is 2.90. The average Bonchev–Trinajstić information content (AvgIpc) is 2.55. The lowest BCUT2D eigenvalue weighted by atomic mass is 10.1.